The van der Waals surface area contributed by atoms with Gasteiger partial charge in [0.15, 0.2) is 0 Å². The molecule has 0 radical (unpaired) electrons. The molecule has 0 aromatic heterocycles. The fraction of sp³-hybridized carbons (Fsp3) is 0.877. The van der Waals surface area contributed by atoms with Crippen molar-refractivity contribution in [2.24, 2.45) is 0 Å². The molecule has 0 fully saturated rings. The Hall–Kier alpha value is -1.28. The van der Waals surface area contributed by atoms with Crippen LogP contribution in [0.3, 0.4) is 0 Å². The highest BCUT2D eigenvalue weighted by molar-refractivity contribution is 7.47. The van der Waals surface area contributed by atoms with Crippen LogP contribution in [0.25, 0.3) is 0 Å². The fourth-order valence-corrected chi connectivity index (χ4v) is 9.14. The molecule has 0 heterocycles. The zero-order valence-electron chi connectivity index (χ0n) is 44.4. The van der Waals surface area contributed by atoms with Gasteiger partial charge in [-0.05, 0) is 51.4 Å². The number of nitrogens with one attached hydrogen (secondary N) is 1. The number of quaternary nitrogens is 1. The van der Waals surface area contributed by atoms with Gasteiger partial charge in [0.1, 0.15) is 13.2 Å². The van der Waals surface area contributed by atoms with Crippen molar-refractivity contribution in [3.05, 3.63) is 36.5 Å². The van der Waals surface area contributed by atoms with Crippen molar-refractivity contribution >= 4 is 13.7 Å². The van der Waals surface area contributed by atoms with E-state index in [1.165, 1.54) is 180 Å². The normalized spacial score (nSPS) is 14.2. The van der Waals surface area contributed by atoms with E-state index in [1.807, 2.05) is 21.1 Å². The minimum absolute atomic E-state index is 0.0717. The predicted molar refractivity (Wildman–Crippen MR) is 286 cm³/mol. The molecule has 9 heteroatoms. The molecule has 0 rings (SSSR count). The number of rotatable bonds is 52. The van der Waals surface area contributed by atoms with E-state index < -0.39 is 20.0 Å². The van der Waals surface area contributed by atoms with Crippen molar-refractivity contribution < 1.29 is 32.9 Å². The number of allylic oxidation sites excluding steroid dienone is 6. The molecular weight excluding hydrogens is 840 g/mol. The predicted octanol–water partition coefficient (Wildman–Crippen LogP) is 17.0. The summed E-state index contributed by atoms with van der Waals surface area (Å²) in [4.78, 5) is 23.3. The molecule has 0 aromatic rings. The van der Waals surface area contributed by atoms with E-state index in [9.17, 15) is 19.4 Å². The van der Waals surface area contributed by atoms with E-state index in [4.69, 9.17) is 9.05 Å². The van der Waals surface area contributed by atoms with E-state index in [2.05, 4.69) is 55.6 Å². The van der Waals surface area contributed by atoms with E-state index >= 15 is 0 Å². The van der Waals surface area contributed by atoms with E-state index in [1.54, 1.807) is 0 Å². The van der Waals surface area contributed by atoms with Gasteiger partial charge in [-0.25, -0.2) is 4.57 Å². The molecule has 0 bridgehead atoms. The van der Waals surface area contributed by atoms with Gasteiger partial charge < -0.3 is 19.8 Å². The number of nitrogens with zero attached hydrogens (tertiary/aromatic N) is 1. The lowest BCUT2D eigenvalue weighted by atomic mass is 10.0. The number of amides is 1. The number of carbonyl (C=O) groups is 1. The zero-order chi connectivity index (χ0) is 48.5. The average Bonchev–Trinajstić information content (AvgIpc) is 3.28. The number of likely N-dealkylation sites (N-methyl/N-ethyl adjacent to an activating group) is 1. The van der Waals surface area contributed by atoms with E-state index in [0.717, 1.165) is 64.2 Å². The molecule has 0 aliphatic heterocycles. The number of unbranched alkanes of at least 4 members (excludes halogenated alkanes) is 33. The Balaban J connectivity index is 4.19. The lowest BCUT2D eigenvalue weighted by Gasteiger charge is -2.26. The molecule has 390 valence electrons. The summed E-state index contributed by atoms with van der Waals surface area (Å²) < 4.78 is 23.8. The Morgan fingerprint density at radius 2 is 0.864 bits per heavy atom. The van der Waals surface area contributed by atoms with E-state index in [0.29, 0.717) is 23.9 Å². The highest BCUT2D eigenvalue weighted by Gasteiger charge is 2.28. The van der Waals surface area contributed by atoms with Crippen molar-refractivity contribution in [3.8, 4) is 0 Å². The van der Waals surface area contributed by atoms with Crippen LogP contribution in [-0.2, 0) is 18.4 Å². The second kappa shape index (κ2) is 48.7. The third kappa shape index (κ3) is 50.6. The highest BCUT2D eigenvalue weighted by Crippen LogP contribution is 2.43. The summed E-state index contributed by atoms with van der Waals surface area (Å²) in [6.45, 7) is 4.88. The van der Waals surface area contributed by atoms with Gasteiger partial charge >= 0.3 is 7.82 Å². The molecule has 0 saturated carbocycles. The Kier molecular flexibility index (Phi) is 47.8. The topological polar surface area (TPSA) is 105 Å². The van der Waals surface area contributed by atoms with Crippen molar-refractivity contribution in [3.63, 3.8) is 0 Å². The number of phosphoric acid groups is 1. The van der Waals surface area contributed by atoms with Gasteiger partial charge in [-0.1, -0.05) is 249 Å². The van der Waals surface area contributed by atoms with Gasteiger partial charge in [0.25, 0.3) is 0 Å². The van der Waals surface area contributed by atoms with Crippen molar-refractivity contribution in [2.75, 3.05) is 40.9 Å². The lowest BCUT2D eigenvalue weighted by molar-refractivity contribution is -0.870. The molecule has 3 atom stereocenters. The van der Waals surface area contributed by atoms with Crippen LogP contribution in [0, 0.1) is 0 Å². The second-order valence-electron chi connectivity index (χ2n) is 20.7. The molecule has 0 saturated heterocycles. The number of hydrogen-bond donors (Lipinski definition) is 3. The zero-order valence-corrected chi connectivity index (χ0v) is 45.3. The quantitative estimate of drug-likeness (QED) is 0.0243. The van der Waals surface area contributed by atoms with Gasteiger partial charge in [-0.3, -0.25) is 13.8 Å². The summed E-state index contributed by atoms with van der Waals surface area (Å²) in [5, 5.41) is 14.1. The molecule has 3 N–H and O–H groups in total. The third-order valence-corrected chi connectivity index (χ3v) is 13.9. The minimum atomic E-state index is -4.33. The number of carbonyl (C=O) groups excluding carboxylic acids is 1. The van der Waals surface area contributed by atoms with Crippen LogP contribution in [0.1, 0.15) is 271 Å². The monoisotopic (exact) mass is 952 g/mol. The van der Waals surface area contributed by atoms with Crippen LogP contribution in [0.15, 0.2) is 36.5 Å². The summed E-state index contributed by atoms with van der Waals surface area (Å²) in [6.07, 6.45) is 61.9. The second-order valence-corrected chi connectivity index (χ2v) is 22.1. The summed E-state index contributed by atoms with van der Waals surface area (Å²) in [7, 11) is 1.61. The Morgan fingerprint density at radius 3 is 1.29 bits per heavy atom. The van der Waals surface area contributed by atoms with Crippen LogP contribution >= 0.6 is 7.82 Å². The SMILES string of the molecule is CCCCC/C=C\C/C=C\C/C=C\CCCCCCCCC(=O)NC(COP(=O)(O)OCC[N+](C)(C)C)C(O)CCCCCCCCCCCCCCCCCCCCCCCCCCC. The van der Waals surface area contributed by atoms with Gasteiger partial charge in [-0.15, -0.1) is 0 Å². The maximum absolute atomic E-state index is 13.0. The Bertz CT molecular complexity index is 1170. The van der Waals surface area contributed by atoms with Gasteiger partial charge in [0, 0.05) is 6.42 Å². The third-order valence-electron chi connectivity index (χ3n) is 12.9. The number of phosphoric ester groups is 1. The van der Waals surface area contributed by atoms with Gasteiger partial charge in [0.05, 0.1) is 39.9 Å². The highest BCUT2D eigenvalue weighted by atomic mass is 31.2. The maximum atomic E-state index is 13.0. The molecular formula is C57H112N2O6P+. The van der Waals surface area contributed by atoms with Crippen molar-refractivity contribution in [1.29, 1.82) is 0 Å². The first kappa shape index (κ1) is 64.7. The molecule has 0 aromatic carbocycles. The Labute approximate surface area is 410 Å². The Morgan fingerprint density at radius 1 is 0.515 bits per heavy atom. The molecule has 0 aliphatic carbocycles. The van der Waals surface area contributed by atoms with Crippen LogP contribution in [0.4, 0.5) is 0 Å². The summed E-state index contributed by atoms with van der Waals surface area (Å²) in [5.74, 6) is -0.154. The first-order valence-corrected chi connectivity index (χ1v) is 29.8. The van der Waals surface area contributed by atoms with Crippen LogP contribution < -0.4 is 5.32 Å². The number of aliphatic hydroxyl groups is 1. The number of aliphatic hydroxyl groups excluding tert-OH is 1. The average molecular weight is 953 g/mol. The standard InChI is InChI=1S/C57H111N2O6P/c1-6-8-10-12-14-16-18-20-22-24-26-27-28-29-30-31-33-34-36-38-40-42-44-46-48-50-56(60)55(54-65-66(62,63)64-53-52-59(3,4)5)58-57(61)51-49-47-45-43-41-39-37-35-32-25-23-21-19-17-15-13-11-9-7-2/h15,17,21,23,32,35,55-56,60H,6-14,16,18-20,22,24-31,33-34,36-54H2,1-5H3,(H-,58,61,62,63)/p+1/b17-15-,23-21-,35-32-. The minimum Gasteiger partial charge on any atom is -0.391 e. The molecule has 1 amide bonds. The van der Waals surface area contributed by atoms with Crippen molar-refractivity contribution in [1.82, 2.24) is 5.32 Å². The van der Waals surface area contributed by atoms with Gasteiger partial charge in [-0.2, -0.15) is 0 Å². The van der Waals surface area contributed by atoms with Gasteiger partial charge in [0.2, 0.25) is 5.91 Å². The fourth-order valence-electron chi connectivity index (χ4n) is 8.41. The molecule has 0 aliphatic rings. The summed E-state index contributed by atoms with van der Waals surface area (Å²) >= 11 is 0. The molecule has 3 unspecified atom stereocenters. The van der Waals surface area contributed by atoms with E-state index in [-0.39, 0.29) is 19.1 Å². The smallest absolute Gasteiger partial charge is 0.391 e. The molecule has 66 heavy (non-hydrogen) atoms. The summed E-state index contributed by atoms with van der Waals surface area (Å²) in [6, 6.07) is -0.768. The van der Waals surface area contributed by atoms with Crippen LogP contribution in [-0.4, -0.2) is 73.4 Å². The number of hydrogen-bond acceptors (Lipinski definition) is 5. The lowest BCUT2D eigenvalue weighted by Crippen LogP contribution is -2.46. The van der Waals surface area contributed by atoms with Crippen LogP contribution in [0.5, 0.6) is 0 Å². The summed E-state index contributed by atoms with van der Waals surface area (Å²) in [5.41, 5.74) is 0. The largest absolute Gasteiger partial charge is 0.472 e. The van der Waals surface area contributed by atoms with Crippen LogP contribution in [0.2, 0.25) is 0 Å². The molecule has 0 spiro atoms. The maximum Gasteiger partial charge on any atom is 0.472 e. The first-order chi connectivity index (χ1) is 32.0. The molecule has 8 nitrogen and oxygen atoms in total. The first-order valence-electron chi connectivity index (χ1n) is 28.4. The van der Waals surface area contributed by atoms with Crippen molar-refractivity contribution in [2.45, 2.75) is 283 Å².